The molecule has 0 aliphatic carbocycles. The van der Waals surface area contributed by atoms with Crippen LogP contribution in [0.25, 0.3) is 5.69 Å². The Morgan fingerprint density at radius 2 is 1.73 bits per heavy atom. The number of aryl methyl sites for hydroxylation is 1. The van der Waals surface area contributed by atoms with Crippen molar-refractivity contribution in [2.75, 3.05) is 7.05 Å². The molecule has 26 heavy (non-hydrogen) atoms. The van der Waals surface area contributed by atoms with E-state index in [9.17, 15) is 0 Å². The van der Waals surface area contributed by atoms with Crippen LogP contribution in [-0.2, 0) is 13.1 Å². The summed E-state index contributed by atoms with van der Waals surface area (Å²) < 4.78 is 1.86. The van der Waals surface area contributed by atoms with E-state index in [-0.39, 0.29) is 24.0 Å². The molecule has 0 aliphatic rings. The SMILES string of the molecule is CN=C(NCc1ccc(C)cc1)NCc1cccc(-n2cccn2)c1.I. The van der Waals surface area contributed by atoms with Crippen molar-refractivity contribution in [3.8, 4) is 5.69 Å². The maximum atomic E-state index is 4.28. The molecule has 0 amide bonds. The van der Waals surface area contributed by atoms with E-state index in [0.717, 1.165) is 18.2 Å². The Hall–Kier alpha value is -2.35. The van der Waals surface area contributed by atoms with Gasteiger partial charge in [0.1, 0.15) is 0 Å². The second-order valence-electron chi connectivity index (χ2n) is 5.89. The minimum absolute atomic E-state index is 0. The molecular weight excluding hydrogens is 437 g/mol. The van der Waals surface area contributed by atoms with Crippen LogP contribution >= 0.6 is 24.0 Å². The molecular formula is C20H24IN5. The minimum atomic E-state index is 0. The number of nitrogens with one attached hydrogen (secondary N) is 2. The zero-order valence-corrected chi connectivity index (χ0v) is 17.3. The van der Waals surface area contributed by atoms with Gasteiger partial charge in [-0.2, -0.15) is 5.10 Å². The van der Waals surface area contributed by atoms with Crippen molar-refractivity contribution in [2.45, 2.75) is 20.0 Å². The highest BCUT2D eigenvalue weighted by molar-refractivity contribution is 14.0. The van der Waals surface area contributed by atoms with Crippen LogP contribution in [0.1, 0.15) is 16.7 Å². The second kappa shape index (κ2) is 9.96. The molecule has 0 unspecified atom stereocenters. The summed E-state index contributed by atoms with van der Waals surface area (Å²) in [5.41, 5.74) is 4.72. The maximum absolute atomic E-state index is 4.28. The molecule has 0 bridgehead atoms. The average molecular weight is 461 g/mol. The lowest BCUT2D eigenvalue weighted by Crippen LogP contribution is -2.36. The number of halogens is 1. The van der Waals surface area contributed by atoms with Gasteiger partial charge < -0.3 is 10.6 Å². The topological polar surface area (TPSA) is 54.2 Å². The predicted octanol–water partition coefficient (Wildman–Crippen LogP) is 3.66. The molecule has 6 heteroatoms. The van der Waals surface area contributed by atoms with Gasteiger partial charge in [0.15, 0.2) is 5.96 Å². The fraction of sp³-hybridized carbons (Fsp3) is 0.200. The number of aliphatic imine (C=N–C) groups is 1. The Morgan fingerprint density at radius 1 is 1.00 bits per heavy atom. The Kier molecular flexibility index (Phi) is 7.65. The highest BCUT2D eigenvalue weighted by atomic mass is 127. The third kappa shape index (κ3) is 5.59. The molecule has 2 aromatic carbocycles. The van der Waals surface area contributed by atoms with Gasteiger partial charge in [0.05, 0.1) is 5.69 Å². The van der Waals surface area contributed by atoms with E-state index < -0.39 is 0 Å². The third-order valence-corrected chi connectivity index (χ3v) is 3.94. The molecule has 3 aromatic rings. The number of rotatable bonds is 5. The summed E-state index contributed by atoms with van der Waals surface area (Å²) in [5, 5.41) is 11.0. The molecule has 0 atom stereocenters. The molecule has 1 aromatic heterocycles. The molecule has 0 saturated heterocycles. The molecule has 0 aliphatic heterocycles. The Morgan fingerprint density at radius 3 is 2.38 bits per heavy atom. The average Bonchev–Trinajstić information content (AvgIpc) is 3.18. The van der Waals surface area contributed by atoms with Crippen LogP contribution in [0.15, 0.2) is 72.0 Å². The number of aromatic nitrogens is 2. The smallest absolute Gasteiger partial charge is 0.191 e. The second-order valence-corrected chi connectivity index (χ2v) is 5.89. The van der Waals surface area contributed by atoms with Crippen LogP contribution in [0.2, 0.25) is 0 Å². The summed E-state index contributed by atoms with van der Waals surface area (Å²) in [6.45, 7) is 3.53. The first-order valence-corrected chi connectivity index (χ1v) is 8.33. The minimum Gasteiger partial charge on any atom is -0.352 e. The van der Waals surface area contributed by atoms with E-state index in [4.69, 9.17) is 0 Å². The van der Waals surface area contributed by atoms with Gasteiger partial charge in [-0.15, -0.1) is 24.0 Å². The van der Waals surface area contributed by atoms with Gasteiger partial charge in [-0.25, -0.2) is 4.68 Å². The molecule has 1 heterocycles. The molecule has 0 saturated carbocycles. The highest BCUT2D eigenvalue weighted by Gasteiger charge is 2.01. The van der Waals surface area contributed by atoms with Crippen molar-refractivity contribution < 1.29 is 0 Å². The summed E-state index contributed by atoms with van der Waals surface area (Å²) in [5.74, 6) is 0.782. The molecule has 5 nitrogen and oxygen atoms in total. The van der Waals surface area contributed by atoms with Crippen LogP contribution < -0.4 is 10.6 Å². The third-order valence-electron chi connectivity index (χ3n) is 3.94. The van der Waals surface area contributed by atoms with Gasteiger partial charge in [-0.1, -0.05) is 42.0 Å². The van der Waals surface area contributed by atoms with Crippen LogP contribution in [0, 0.1) is 6.92 Å². The molecule has 3 rings (SSSR count). The summed E-state index contributed by atoms with van der Waals surface area (Å²) in [4.78, 5) is 4.28. The number of hydrogen-bond donors (Lipinski definition) is 2. The van der Waals surface area contributed by atoms with Crippen molar-refractivity contribution in [1.29, 1.82) is 0 Å². The van der Waals surface area contributed by atoms with Gasteiger partial charge in [-0.3, -0.25) is 4.99 Å². The van der Waals surface area contributed by atoms with Crippen LogP contribution in [-0.4, -0.2) is 22.8 Å². The van der Waals surface area contributed by atoms with Crippen molar-refractivity contribution in [3.05, 3.63) is 83.7 Å². The van der Waals surface area contributed by atoms with E-state index in [1.165, 1.54) is 16.7 Å². The zero-order chi connectivity index (χ0) is 17.5. The summed E-state index contributed by atoms with van der Waals surface area (Å²) >= 11 is 0. The Labute approximate surface area is 171 Å². The van der Waals surface area contributed by atoms with Crippen LogP contribution in [0.5, 0.6) is 0 Å². The van der Waals surface area contributed by atoms with E-state index in [2.05, 4.69) is 64.0 Å². The first-order valence-electron chi connectivity index (χ1n) is 8.33. The molecule has 2 N–H and O–H groups in total. The molecule has 0 spiro atoms. The van der Waals surface area contributed by atoms with Crippen LogP contribution in [0.3, 0.4) is 0 Å². The standard InChI is InChI=1S/C20H23N5.HI/c1-16-7-9-17(10-8-16)14-22-20(21-2)23-15-18-5-3-6-19(13-18)25-12-4-11-24-25;/h3-13H,14-15H2,1-2H3,(H2,21,22,23);1H. The van der Waals surface area contributed by atoms with Crippen molar-refractivity contribution in [1.82, 2.24) is 20.4 Å². The Bertz CT molecular complexity index is 826. The predicted molar refractivity (Wildman–Crippen MR) is 117 cm³/mol. The number of benzene rings is 2. The fourth-order valence-corrected chi connectivity index (χ4v) is 2.53. The van der Waals surface area contributed by atoms with Crippen molar-refractivity contribution in [3.63, 3.8) is 0 Å². The zero-order valence-electron chi connectivity index (χ0n) is 15.0. The number of nitrogens with zero attached hydrogens (tertiary/aromatic N) is 3. The molecule has 0 radical (unpaired) electrons. The lowest BCUT2D eigenvalue weighted by molar-refractivity contribution is 0.806. The largest absolute Gasteiger partial charge is 0.352 e. The molecule has 0 fully saturated rings. The van der Waals surface area contributed by atoms with E-state index in [1.54, 1.807) is 13.2 Å². The molecule has 136 valence electrons. The lowest BCUT2D eigenvalue weighted by atomic mass is 10.1. The van der Waals surface area contributed by atoms with Gasteiger partial charge in [0, 0.05) is 32.5 Å². The van der Waals surface area contributed by atoms with Crippen molar-refractivity contribution >= 4 is 29.9 Å². The number of guanidine groups is 1. The van der Waals surface area contributed by atoms with Gasteiger partial charge in [0.25, 0.3) is 0 Å². The highest BCUT2D eigenvalue weighted by Crippen LogP contribution is 2.09. The van der Waals surface area contributed by atoms with Gasteiger partial charge >= 0.3 is 0 Å². The quantitative estimate of drug-likeness (QED) is 0.347. The van der Waals surface area contributed by atoms with Gasteiger partial charge in [0.2, 0.25) is 0 Å². The fourth-order valence-electron chi connectivity index (χ4n) is 2.53. The normalized spacial score (nSPS) is 10.9. The Balaban J connectivity index is 0.00000243. The summed E-state index contributed by atoms with van der Waals surface area (Å²) in [7, 11) is 1.78. The van der Waals surface area contributed by atoms with E-state index >= 15 is 0 Å². The van der Waals surface area contributed by atoms with Gasteiger partial charge in [-0.05, 0) is 36.2 Å². The monoisotopic (exact) mass is 461 g/mol. The number of hydrogen-bond acceptors (Lipinski definition) is 2. The first kappa shape index (κ1) is 20.0. The first-order chi connectivity index (χ1) is 12.2. The maximum Gasteiger partial charge on any atom is 0.191 e. The lowest BCUT2D eigenvalue weighted by Gasteiger charge is -2.13. The van der Waals surface area contributed by atoms with E-state index in [0.29, 0.717) is 6.54 Å². The summed E-state index contributed by atoms with van der Waals surface area (Å²) in [6.07, 6.45) is 3.72. The van der Waals surface area contributed by atoms with Crippen molar-refractivity contribution in [2.24, 2.45) is 4.99 Å². The van der Waals surface area contributed by atoms with Crippen LogP contribution in [0.4, 0.5) is 0 Å². The summed E-state index contributed by atoms with van der Waals surface area (Å²) in [6, 6.07) is 18.7. The van der Waals surface area contributed by atoms with E-state index in [1.807, 2.05) is 29.1 Å².